The molecule has 2 amide bonds. The minimum atomic E-state index is -3.56. The number of methoxy groups -OCH3 is 1. The lowest BCUT2D eigenvalue weighted by Crippen LogP contribution is -2.19. The van der Waals surface area contributed by atoms with Crippen molar-refractivity contribution in [2.75, 3.05) is 12.4 Å². The highest BCUT2D eigenvalue weighted by molar-refractivity contribution is 7.91. The van der Waals surface area contributed by atoms with Gasteiger partial charge in [-0.05, 0) is 48.9 Å². The van der Waals surface area contributed by atoms with Crippen LogP contribution in [-0.2, 0) is 29.3 Å². The fourth-order valence-corrected chi connectivity index (χ4v) is 5.31. The molecule has 0 spiro atoms. The lowest BCUT2D eigenvalue weighted by molar-refractivity contribution is 0.248. The first-order valence-electron chi connectivity index (χ1n) is 10.6. The van der Waals surface area contributed by atoms with Gasteiger partial charge in [-0.2, -0.15) is 5.10 Å². The summed E-state index contributed by atoms with van der Waals surface area (Å²) in [6.45, 7) is 2.39. The zero-order valence-electron chi connectivity index (χ0n) is 18.3. The molecule has 1 aliphatic carbocycles. The highest BCUT2D eigenvalue weighted by Gasteiger charge is 2.29. The average molecular weight is 469 g/mol. The molecule has 0 bridgehead atoms. The third kappa shape index (κ3) is 3.93. The van der Waals surface area contributed by atoms with Crippen LogP contribution in [0.3, 0.4) is 0 Å². The van der Waals surface area contributed by atoms with Crippen LogP contribution < -0.4 is 19.9 Å². The molecule has 2 aromatic heterocycles. The van der Waals surface area contributed by atoms with Crippen LogP contribution in [0.1, 0.15) is 24.5 Å². The molecule has 2 atom stereocenters. The van der Waals surface area contributed by atoms with Gasteiger partial charge in [-0.1, -0.05) is 12.1 Å². The topological polar surface area (TPSA) is 134 Å². The maximum Gasteiger partial charge on any atom is 0.354 e. The van der Waals surface area contributed by atoms with E-state index >= 15 is 0 Å². The molecule has 5 rings (SSSR count). The van der Waals surface area contributed by atoms with E-state index in [1.54, 1.807) is 24.1 Å². The van der Waals surface area contributed by atoms with Crippen molar-refractivity contribution in [2.24, 2.45) is 9.50 Å². The predicted octanol–water partition coefficient (Wildman–Crippen LogP) is 3.16. The minimum absolute atomic E-state index is 0.111. The molecule has 2 aliphatic rings. The zero-order chi connectivity index (χ0) is 23.2. The van der Waals surface area contributed by atoms with Gasteiger partial charge < -0.3 is 14.8 Å². The Morgan fingerprint density at radius 2 is 2.21 bits per heavy atom. The van der Waals surface area contributed by atoms with Gasteiger partial charge in [0, 0.05) is 17.8 Å². The van der Waals surface area contributed by atoms with Gasteiger partial charge in [-0.15, -0.1) is 4.36 Å². The molecule has 3 N–H and O–H groups in total. The van der Waals surface area contributed by atoms with Crippen molar-refractivity contribution in [3.63, 3.8) is 0 Å². The van der Waals surface area contributed by atoms with Crippen molar-refractivity contribution in [3.05, 3.63) is 47.8 Å². The number of nitrogens with one attached hydrogen (secondary N) is 1. The van der Waals surface area contributed by atoms with Crippen molar-refractivity contribution in [3.8, 4) is 22.9 Å². The van der Waals surface area contributed by atoms with Crippen LogP contribution in [0.5, 0.6) is 11.8 Å². The van der Waals surface area contributed by atoms with Gasteiger partial charge in [0.25, 0.3) is 0 Å². The predicted molar refractivity (Wildman–Crippen MR) is 123 cm³/mol. The van der Waals surface area contributed by atoms with Crippen molar-refractivity contribution in [1.29, 1.82) is 0 Å². The Kier molecular flexibility index (Phi) is 5.29. The Morgan fingerprint density at radius 1 is 1.36 bits per heavy atom. The molecule has 0 unspecified atom stereocenters. The number of rotatable bonds is 4. The van der Waals surface area contributed by atoms with Crippen LogP contribution in [0.25, 0.3) is 11.1 Å². The Morgan fingerprint density at radius 3 is 3.03 bits per heavy atom. The molecule has 0 fully saturated rings. The zero-order valence-corrected chi connectivity index (χ0v) is 19.1. The van der Waals surface area contributed by atoms with Gasteiger partial charge >= 0.3 is 6.03 Å². The normalized spacial score (nSPS) is 18.1. The third-order valence-electron chi connectivity index (χ3n) is 5.81. The van der Waals surface area contributed by atoms with Gasteiger partial charge in [0.2, 0.25) is 11.8 Å². The Bertz CT molecular complexity index is 1380. The molecular weight excluding hydrogens is 444 g/mol. The van der Waals surface area contributed by atoms with Gasteiger partial charge in [-0.3, -0.25) is 0 Å². The van der Waals surface area contributed by atoms with Crippen molar-refractivity contribution in [1.82, 2.24) is 14.8 Å². The highest BCUT2D eigenvalue weighted by Crippen LogP contribution is 2.38. The highest BCUT2D eigenvalue weighted by atomic mass is 32.2. The van der Waals surface area contributed by atoms with Crippen LogP contribution in [0.2, 0.25) is 0 Å². The number of carbonyl (C=O) groups excluding carboxylic acids is 1. The summed E-state index contributed by atoms with van der Waals surface area (Å²) < 4.78 is 29.5. The largest absolute Gasteiger partial charge is 0.481 e. The second kappa shape index (κ2) is 8.16. The van der Waals surface area contributed by atoms with Crippen LogP contribution in [0.4, 0.5) is 10.5 Å². The molecule has 1 aliphatic heterocycles. The SMILES string of the molecule is COc1cc(-c2ccc3c(c2NC(=O)N=[S@@](N)(=O)c2cnn4c2O[C@@H](C)C4)CCC3)ccn1. The number of amides is 2. The Hall–Kier alpha value is -3.44. The number of fused-ring (bicyclic) bond motifs is 2. The molecule has 0 radical (unpaired) electrons. The molecule has 11 heteroatoms. The fourth-order valence-electron chi connectivity index (χ4n) is 4.32. The maximum absolute atomic E-state index is 13.2. The molecule has 0 saturated carbocycles. The molecule has 3 heterocycles. The van der Waals surface area contributed by atoms with E-state index in [4.69, 9.17) is 14.6 Å². The number of carbonyl (C=O) groups is 1. The van der Waals surface area contributed by atoms with Crippen molar-refractivity contribution in [2.45, 2.75) is 43.7 Å². The number of pyridine rings is 1. The first kappa shape index (κ1) is 21.4. The quantitative estimate of drug-likeness (QED) is 0.604. The van der Waals surface area contributed by atoms with E-state index in [-0.39, 0.29) is 16.9 Å². The van der Waals surface area contributed by atoms with Crippen molar-refractivity contribution < 1.29 is 18.5 Å². The summed E-state index contributed by atoms with van der Waals surface area (Å²) in [7, 11) is -2.01. The maximum atomic E-state index is 13.2. The summed E-state index contributed by atoms with van der Waals surface area (Å²) in [5, 5.41) is 13.0. The summed E-state index contributed by atoms with van der Waals surface area (Å²) >= 11 is 0. The van der Waals surface area contributed by atoms with E-state index in [0.29, 0.717) is 18.1 Å². The third-order valence-corrected chi connectivity index (χ3v) is 7.15. The summed E-state index contributed by atoms with van der Waals surface area (Å²) in [4.78, 5) is 17.2. The van der Waals surface area contributed by atoms with E-state index in [1.807, 2.05) is 19.1 Å². The molecule has 10 nitrogen and oxygen atoms in total. The minimum Gasteiger partial charge on any atom is -0.481 e. The van der Waals surface area contributed by atoms with E-state index in [0.717, 1.165) is 36.0 Å². The monoisotopic (exact) mass is 468 g/mol. The summed E-state index contributed by atoms with van der Waals surface area (Å²) in [6.07, 6.45) is 5.61. The molecule has 3 aromatic rings. The van der Waals surface area contributed by atoms with Crippen LogP contribution in [-0.4, -0.2) is 38.2 Å². The van der Waals surface area contributed by atoms with Crippen LogP contribution >= 0.6 is 0 Å². The fraction of sp³-hybridized carbons (Fsp3) is 0.318. The number of hydrogen-bond acceptors (Lipinski definition) is 6. The summed E-state index contributed by atoms with van der Waals surface area (Å²) in [5.41, 5.74) is 4.47. The smallest absolute Gasteiger partial charge is 0.354 e. The first-order chi connectivity index (χ1) is 15.9. The standard InChI is InChI=1S/C22H24N6O4S/c1-13-12-28-21(32-13)18(11-25-28)33(23,30)27-22(29)26-20-16-5-3-4-14(16)6-7-17(20)15-8-9-24-19(10-15)31-2/h6-11,13H,3-5,12H2,1-2H3,(H3,23,26,27,29,30)/t13-,33+/m0/s1. The molecular formula is C22H24N6O4S. The number of nitrogens with two attached hydrogens (primary N) is 1. The first-order valence-corrected chi connectivity index (χ1v) is 12.2. The molecule has 0 saturated heterocycles. The van der Waals surface area contributed by atoms with Gasteiger partial charge in [0.1, 0.15) is 11.0 Å². The van der Waals surface area contributed by atoms with Gasteiger partial charge in [0.15, 0.2) is 9.92 Å². The lowest BCUT2D eigenvalue weighted by atomic mass is 9.98. The molecule has 172 valence electrons. The molecule has 33 heavy (non-hydrogen) atoms. The van der Waals surface area contributed by atoms with Crippen LogP contribution in [0.15, 0.2) is 45.9 Å². The number of anilines is 1. The lowest BCUT2D eigenvalue weighted by Gasteiger charge is -2.16. The number of urea groups is 1. The van der Waals surface area contributed by atoms with Crippen molar-refractivity contribution >= 4 is 21.6 Å². The number of hydrogen-bond donors (Lipinski definition) is 2. The van der Waals surface area contributed by atoms with E-state index < -0.39 is 15.9 Å². The summed E-state index contributed by atoms with van der Waals surface area (Å²) in [6, 6.07) is 6.86. The van der Waals surface area contributed by atoms with E-state index in [2.05, 4.69) is 25.8 Å². The second-order valence-corrected chi connectivity index (χ2v) is 9.84. The number of aromatic nitrogens is 3. The number of ether oxygens (including phenoxy) is 2. The molecule has 1 aromatic carbocycles. The number of benzene rings is 1. The average Bonchev–Trinajstić information content (AvgIpc) is 3.49. The number of nitrogens with zero attached hydrogens (tertiary/aromatic N) is 4. The summed E-state index contributed by atoms with van der Waals surface area (Å²) in [5.74, 6) is 0.751. The second-order valence-electron chi connectivity index (χ2n) is 8.08. The van der Waals surface area contributed by atoms with E-state index in [9.17, 15) is 9.00 Å². The number of aryl methyl sites for hydroxylation is 1. The van der Waals surface area contributed by atoms with E-state index in [1.165, 1.54) is 11.8 Å². The van der Waals surface area contributed by atoms with Crippen LogP contribution in [0, 0.1) is 0 Å². The Balaban J connectivity index is 1.52. The van der Waals surface area contributed by atoms with Gasteiger partial charge in [0.05, 0.1) is 25.5 Å². The Labute approximate surface area is 191 Å². The van der Waals surface area contributed by atoms with Gasteiger partial charge in [-0.25, -0.2) is 23.8 Å².